The molecule has 0 unspecified atom stereocenters. The number of para-hydroxylation sites is 1. The number of benzene rings is 6. The van der Waals surface area contributed by atoms with Crippen LogP contribution in [0.1, 0.15) is 85.8 Å². The Labute approximate surface area is 799 Å². The zero-order valence-corrected chi connectivity index (χ0v) is 78.2. The molecule has 42 heteroatoms. The SMILES string of the molecule is COCC[C@H]1C(=O)N2C[C@@H](O)C[C@@H]2C(=O)N[C@@H](CC(=O)O)C(=O)N[C@@H](C(C)C)C(=O)N(C)[C@H](Cc2ccccc2)C(=O)N[C@@H](Cc2ccc(OC)cc2)C(=O)N2C[C@@H](O)C[C@@H]2C(=O)N[C@@H](Cc2c[nH]c3ccccc23)C(=O)N[C@@H](Cc2ccc(O)cc2)C(=O)N[C@@H](CCCN)C(=O)N[C@H](C(=O)NCC(N)=O)CSCC(=O)N[C@@H](Cc2ccc(F)c(F)c2)C(=O)N(C)[C@@H](Cc2ccccc2)C(=O)N1C. The number of likely N-dealkylation sites (N-methyl/N-ethyl adjacent to an activating group) is 3. The van der Waals surface area contributed by atoms with Crippen LogP contribution >= 0.6 is 11.8 Å². The Hall–Kier alpha value is -14.0. The maximum absolute atomic E-state index is 15.9. The number of fused-ring (bicyclic) bond motifs is 3. The minimum atomic E-state index is -2.05. The van der Waals surface area contributed by atoms with Crippen molar-refractivity contribution in [2.24, 2.45) is 17.4 Å². The fourth-order valence-corrected chi connectivity index (χ4v) is 17.7. The van der Waals surface area contributed by atoms with E-state index in [4.69, 9.17) is 20.9 Å². The Balaban J connectivity index is 1.07. The molecule has 740 valence electrons. The first kappa shape index (κ1) is 106. The number of ether oxygens (including phenoxy) is 2. The molecule has 3 aliphatic rings. The van der Waals surface area contributed by atoms with E-state index in [1.807, 2.05) is 0 Å². The number of carbonyl (C=O) groups excluding carboxylic acids is 15. The number of thioether (sulfide) groups is 1. The smallest absolute Gasteiger partial charge is 0.305 e. The highest BCUT2D eigenvalue weighted by Crippen LogP contribution is 2.29. The molecule has 1 aromatic heterocycles. The van der Waals surface area contributed by atoms with Crippen molar-refractivity contribution in [2.75, 3.05) is 79.7 Å². The summed E-state index contributed by atoms with van der Waals surface area (Å²) in [6.45, 7) is 0.833. The topological polar surface area (TPSA) is 565 Å². The van der Waals surface area contributed by atoms with Gasteiger partial charge in [-0.25, -0.2) is 8.78 Å². The number of aromatic nitrogens is 1. The lowest BCUT2D eigenvalue weighted by Gasteiger charge is -2.37. The monoisotopic (exact) mass is 1930 g/mol. The lowest BCUT2D eigenvalue weighted by Crippen LogP contribution is -2.62. The van der Waals surface area contributed by atoms with Crippen LogP contribution in [0.2, 0.25) is 0 Å². The number of nitrogens with one attached hydrogen (secondary N) is 10. The lowest BCUT2D eigenvalue weighted by molar-refractivity contribution is -0.153. The summed E-state index contributed by atoms with van der Waals surface area (Å²) in [5.41, 5.74) is 14.2. The maximum Gasteiger partial charge on any atom is 0.305 e. The van der Waals surface area contributed by atoms with E-state index in [0.717, 1.165) is 42.7 Å². The second-order valence-electron chi connectivity index (χ2n) is 34.7. The number of nitrogens with two attached hydrogens (primary N) is 2. The van der Waals surface area contributed by atoms with Crippen molar-refractivity contribution in [1.82, 2.24) is 77.3 Å². The normalized spacial score (nSPS) is 24.2. The highest BCUT2D eigenvalue weighted by Gasteiger charge is 2.48. The van der Waals surface area contributed by atoms with Gasteiger partial charge < -0.3 is 119 Å². The van der Waals surface area contributed by atoms with Crippen molar-refractivity contribution in [3.05, 3.63) is 203 Å². The Morgan fingerprint density at radius 3 is 1.60 bits per heavy atom. The van der Waals surface area contributed by atoms with E-state index in [1.54, 1.807) is 115 Å². The zero-order chi connectivity index (χ0) is 100. The number of nitrogens with zero attached hydrogens (tertiary/aromatic N) is 5. The number of phenolic OH excluding ortho intramolecular Hbond substituents is 1. The van der Waals surface area contributed by atoms with Gasteiger partial charge in [-0.2, -0.15) is 0 Å². The van der Waals surface area contributed by atoms with Gasteiger partial charge in [0.2, 0.25) is 88.6 Å². The molecule has 0 radical (unpaired) electrons. The molecule has 3 fully saturated rings. The molecule has 39 nitrogen and oxygen atoms in total. The number of aliphatic carboxylic acids is 1. The summed E-state index contributed by atoms with van der Waals surface area (Å²) in [6, 6.07) is 15.9. The number of carbonyl (C=O) groups is 16. The van der Waals surface area contributed by atoms with Gasteiger partial charge in [0, 0.05) is 129 Å². The third-order valence-corrected chi connectivity index (χ3v) is 25.4. The molecular weight excluding hydrogens is 1810 g/mol. The molecule has 0 saturated carbocycles. The number of phenols is 1. The van der Waals surface area contributed by atoms with E-state index >= 15 is 52.3 Å². The van der Waals surface area contributed by atoms with Crippen LogP contribution in [0.3, 0.4) is 0 Å². The fraction of sp³-hybridized carbons (Fsp3) is 0.438. The molecule has 0 bridgehead atoms. The molecule has 6 aromatic carbocycles. The van der Waals surface area contributed by atoms with Crippen LogP contribution in [-0.4, -0.2) is 315 Å². The van der Waals surface area contributed by atoms with Gasteiger partial charge in [-0.15, -0.1) is 11.8 Å². The van der Waals surface area contributed by atoms with Gasteiger partial charge in [0.15, 0.2) is 11.6 Å². The highest BCUT2D eigenvalue weighted by molar-refractivity contribution is 8.00. The summed E-state index contributed by atoms with van der Waals surface area (Å²) in [5.74, 6) is -21.6. The average molecular weight is 1930 g/mol. The van der Waals surface area contributed by atoms with E-state index in [-0.39, 0.29) is 75.8 Å². The number of aliphatic hydroxyl groups is 2. The first-order valence-corrected chi connectivity index (χ1v) is 46.2. The molecule has 3 aliphatic heterocycles. The second kappa shape index (κ2) is 50.2. The number of carboxylic acids is 1. The number of carboxylic acid groups (broad SMARTS) is 1. The number of halogens is 2. The minimum Gasteiger partial charge on any atom is -0.508 e. The van der Waals surface area contributed by atoms with Gasteiger partial charge >= 0.3 is 5.97 Å². The van der Waals surface area contributed by atoms with Crippen LogP contribution in [0.4, 0.5) is 8.78 Å². The zero-order valence-electron chi connectivity index (χ0n) is 77.4. The van der Waals surface area contributed by atoms with Crippen LogP contribution in [0.15, 0.2) is 158 Å². The predicted molar refractivity (Wildman–Crippen MR) is 500 cm³/mol. The number of H-pyrrole nitrogens is 1. The average Bonchev–Trinajstić information content (AvgIpc) is 1.65. The van der Waals surface area contributed by atoms with Crippen LogP contribution < -0.4 is 64.1 Å². The van der Waals surface area contributed by atoms with Crippen LogP contribution in [0.25, 0.3) is 10.9 Å². The van der Waals surface area contributed by atoms with Crippen LogP contribution in [0.5, 0.6) is 11.5 Å². The number of hydrogen-bond acceptors (Lipinski definition) is 23. The molecule has 18 N–H and O–H groups in total. The second-order valence-corrected chi connectivity index (χ2v) is 35.8. The number of aliphatic hydroxyl groups excluding tert-OH is 2. The van der Waals surface area contributed by atoms with Crippen molar-refractivity contribution in [2.45, 2.75) is 182 Å². The van der Waals surface area contributed by atoms with Gasteiger partial charge in [0.25, 0.3) is 0 Å². The van der Waals surface area contributed by atoms with E-state index < -0.39 is 260 Å². The summed E-state index contributed by atoms with van der Waals surface area (Å²) >= 11 is 0.685. The van der Waals surface area contributed by atoms with Gasteiger partial charge in [-0.3, -0.25) is 76.7 Å². The van der Waals surface area contributed by atoms with E-state index in [9.17, 15) is 53.6 Å². The van der Waals surface area contributed by atoms with Crippen molar-refractivity contribution in [3.63, 3.8) is 0 Å². The van der Waals surface area contributed by atoms with E-state index in [2.05, 4.69) is 52.8 Å². The van der Waals surface area contributed by atoms with Crippen molar-refractivity contribution in [3.8, 4) is 11.5 Å². The van der Waals surface area contributed by atoms with Gasteiger partial charge in [-0.1, -0.05) is 123 Å². The van der Waals surface area contributed by atoms with E-state index in [0.29, 0.717) is 56.2 Å². The molecule has 138 heavy (non-hydrogen) atoms. The number of methoxy groups -OCH3 is 2. The Bertz CT molecular complexity index is 5500. The molecule has 4 heterocycles. The molecule has 3 saturated heterocycles. The fourth-order valence-electron chi connectivity index (χ4n) is 16.8. The predicted octanol–water partition coefficient (Wildman–Crippen LogP) is -0.546. The number of rotatable bonds is 25. The molecule has 0 aliphatic carbocycles. The number of hydrogen-bond donors (Lipinski definition) is 16. The number of aromatic amines is 1. The quantitative estimate of drug-likeness (QED) is 0.0341. The number of primary amides is 1. The Morgan fingerprint density at radius 2 is 1.01 bits per heavy atom. The summed E-state index contributed by atoms with van der Waals surface area (Å²) in [4.78, 5) is 247. The molecule has 15 atom stereocenters. The first-order valence-electron chi connectivity index (χ1n) is 45.0. The summed E-state index contributed by atoms with van der Waals surface area (Å²) in [6.07, 6.45) is -6.19. The van der Waals surface area contributed by atoms with Crippen LogP contribution in [0, 0.1) is 17.6 Å². The van der Waals surface area contributed by atoms with Crippen molar-refractivity contribution >= 4 is 117 Å². The van der Waals surface area contributed by atoms with Crippen molar-refractivity contribution < 1.29 is 115 Å². The number of amides is 15. The van der Waals surface area contributed by atoms with Gasteiger partial charge in [-0.05, 0) is 101 Å². The molecule has 0 spiro atoms. The Kier molecular flexibility index (Phi) is 38.6. The summed E-state index contributed by atoms with van der Waals surface area (Å²) < 4.78 is 40.7. The third-order valence-electron chi connectivity index (χ3n) is 24.4. The lowest BCUT2D eigenvalue weighted by atomic mass is 9.98. The van der Waals surface area contributed by atoms with Gasteiger partial charge in [0.05, 0.1) is 38.0 Å². The summed E-state index contributed by atoms with van der Waals surface area (Å²) in [7, 11) is 6.37. The first-order chi connectivity index (χ1) is 65.8. The van der Waals surface area contributed by atoms with Crippen molar-refractivity contribution in [1.29, 1.82) is 0 Å². The maximum atomic E-state index is 15.9. The third kappa shape index (κ3) is 29.1. The molecule has 10 rings (SSSR count). The van der Waals surface area contributed by atoms with E-state index in [1.165, 1.54) is 73.5 Å². The Morgan fingerprint density at radius 1 is 0.514 bits per heavy atom. The molecular formula is C96H119F2N17O22S. The minimum absolute atomic E-state index is 0.0237. The molecule has 15 amide bonds. The number of aromatic hydroxyl groups is 1. The largest absolute Gasteiger partial charge is 0.508 e. The molecule has 7 aromatic rings. The highest BCUT2D eigenvalue weighted by atomic mass is 32.2. The van der Waals surface area contributed by atoms with Gasteiger partial charge in [0.1, 0.15) is 90.0 Å². The van der Waals surface area contributed by atoms with Crippen LogP contribution in [-0.2, 0) is 120 Å². The standard InChI is InChI=1S/C96H119F2N17O22S/c1-53(2)83-96(135)112(4)76(41-54-17-10-8-11-18-54)89(128)108-73(39-57-26-31-63(137-7)32-27-57)93(132)114-49-61(117)44-77(114)90(129)106-70(43-59-47-101-67-22-15-14-21-64(59)67)87(126)105-69(38-56-24-29-60(116)30-25-56)86(125)104-68(23-16-35-99)85(124)109-74(84(123)102-48-80(100)119)51-138-52-81(120)103-72(40-58-28-33-65(97)66(98)37-58)92(131)113(5)79(42-55-19-12-9-13-20-55)94(133)111(3)75(34-36-136-6)95(134)115-50-62(118)45-78(115)91(130)107-71(46-82(121)122)88(127)110-83/h8-15,17-22,24-33,37,47,53,61-62,68-79,83,101,116-118H,16,23,34-36,38-46,48-52,99H2,1-7H3,(H2,100,119)(H,102,123)(H,103,120)(H,104,125)(H,105,126)(H,106,129)(H,107,130)(H,108,128)(H,109,124)(H,110,127)(H,121,122)/t61-,62-,68-,69-,70-,71-,72-,73-,74-,75-,76+,77+,78+,79-,83-/m0/s1. The summed E-state index contributed by atoms with van der Waals surface area (Å²) in [5, 5.41) is 68.1.